The van der Waals surface area contributed by atoms with Gasteiger partial charge in [0.2, 0.25) is 0 Å². The molecule has 2 aromatic rings. The van der Waals surface area contributed by atoms with Crippen molar-refractivity contribution in [3.05, 3.63) is 63.7 Å². The molecule has 28 heavy (non-hydrogen) atoms. The van der Waals surface area contributed by atoms with Gasteiger partial charge in [-0.15, -0.1) is 0 Å². The van der Waals surface area contributed by atoms with Crippen molar-refractivity contribution in [2.24, 2.45) is 0 Å². The zero-order valence-electron chi connectivity index (χ0n) is 15.1. The van der Waals surface area contributed by atoms with Crippen molar-refractivity contribution < 1.29 is 24.4 Å². The Bertz CT molecular complexity index is 945. The van der Waals surface area contributed by atoms with Crippen LogP contribution in [0.25, 0.3) is 0 Å². The van der Waals surface area contributed by atoms with Crippen molar-refractivity contribution in [2.45, 2.75) is 18.9 Å². The van der Waals surface area contributed by atoms with Crippen LogP contribution in [-0.4, -0.2) is 35.0 Å². The maximum Gasteiger partial charge on any atom is 0.313 e. The van der Waals surface area contributed by atoms with Crippen LogP contribution in [0.3, 0.4) is 0 Å². The molecule has 0 unspecified atom stereocenters. The molecule has 3 rings (SSSR count). The Balaban J connectivity index is 1.67. The highest BCUT2D eigenvalue weighted by Gasteiger charge is 2.36. The predicted molar refractivity (Wildman–Crippen MR) is 99.9 cm³/mol. The summed E-state index contributed by atoms with van der Waals surface area (Å²) in [5.41, 5.74) is -0.272. The molecule has 0 saturated heterocycles. The molecule has 0 fully saturated rings. The maximum atomic E-state index is 12.2. The quantitative estimate of drug-likeness (QED) is 0.416. The molecule has 0 aliphatic carbocycles. The minimum Gasteiger partial charge on any atom is -0.493 e. The van der Waals surface area contributed by atoms with Gasteiger partial charge in [0, 0.05) is 24.1 Å². The molecular weight excluding hydrogens is 366 g/mol. The topological polar surface area (TPSA) is 131 Å². The molecule has 0 saturated carbocycles. The van der Waals surface area contributed by atoms with Crippen LogP contribution >= 0.6 is 0 Å². The van der Waals surface area contributed by atoms with Crippen LogP contribution in [0.4, 0.5) is 11.4 Å². The Morgan fingerprint density at radius 2 is 2.00 bits per heavy atom. The number of nitrogens with zero attached hydrogens (tertiary/aromatic N) is 1. The Hall–Kier alpha value is -3.46. The van der Waals surface area contributed by atoms with Crippen molar-refractivity contribution in [3.63, 3.8) is 0 Å². The van der Waals surface area contributed by atoms with Crippen LogP contribution in [0.1, 0.15) is 17.5 Å². The number of benzene rings is 2. The number of fused-ring (bicyclic) bond motifs is 1. The summed E-state index contributed by atoms with van der Waals surface area (Å²) in [4.78, 5) is 34.6. The van der Waals surface area contributed by atoms with Gasteiger partial charge in [0.25, 0.3) is 5.69 Å². The van der Waals surface area contributed by atoms with Gasteiger partial charge in [-0.25, -0.2) is 0 Å². The van der Waals surface area contributed by atoms with E-state index in [-0.39, 0.29) is 30.9 Å². The predicted octanol–water partition coefficient (Wildman–Crippen LogP) is 1.63. The Morgan fingerprint density at radius 3 is 2.75 bits per heavy atom. The van der Waals surface area contributed by atoms with E-state index in [0.29, 0.717) is 16.9 Å². The van der Waals surface area contributed by atoms with Crippen molar-refractivity contribution >= 4 is 23.2 Å². The summed E-state index contributed by atoms with van der Waals surface area (Å²) in [6.45, 7) is 1.76. The highest BCUT2D eigenvalue weighted by Crippen LogP contribution is 2.36. The Morgan fingerprint density at radius 1 is 1.25 bits per heavy atom. The van der Waals surface area contributed by atoms with Crippen molar-refractivity contribution in [1.82, 2.24) is 5.32 Å². The van der Waals surface area contributed by atoms with E-state index in [1.54, 1.807) is 31.2 Å². The van der Waals surface area contributed by atoms with Crippen molar-refractivity contribution in [3.8, 4) is 5.75 Å². The number of carbonyl (C=O) groups excluding carboxylic acids is 2. The smallest absolute Gasteiger partial charge is 0.313 e. The standard InChI is InChI=1S/C19H19N3O6/c1-12-6-7-13(22(26)27)10-15(12)21-18(24)17(23)20-11-19(25)8-9-28-16-5-3-2-4-14(16)19/h2-7,10,25H,8-9,11H2,1H3,(H,20,23)(H,21,24)/t19-/m0/s1. The van der Waals surface area contributed by atoms with E-state index in [1.165, 1.54) is 18.2 Å². The number of amides is 2. The molecule has 3 N–H and O–H groups in total. The average molecular weight is 385 g/mol. The van der Waals surface area contributed by atoms with Gasteiger partial charge < -0.3 is 20.5 Å². The van der Waals surface area contributed by atoms with E-state index in [9.17, 15) is 24.8 Å². The summed E-state index contributed by atoms with van der Waals surface area (Å²) in [7, 11) is 0. The molecule has 1 aliphatic heterocycles. The normalized spacial score (nSPS) is 17.8. The molecule has 0 bridgehead atoms. The first-order valence-corrected chi connectivity index (χ1v) is 8.59. The average Bonchev–Trinajstić information content (AvgIpc) is 2.68. The molecule has 9 heteroatoms. The Labute approximate surface area is 160 Å². The Kier molecular flexibility index (Phi) is 5.27. The van der Waals surface area contributed by atoms with Crippen molar-refractivity contribution in [2.75, 3.05) is 18.5 Å². The number of carbonyl (C=O) groups is 2. The van der Waals surface area contributed by atoms with E-state index in [4.69, 9.17) is 4.74 Å². The number of hydrogen-bond donors (Lipinski definition) is 3. The summed E-state index contributed by atoms with van der Waals surface area (Å²) in [6.07, 6.45) is 0.260. The first-order chi connectivity index (χ1) is 13.3. The summed E-state index contributed by atoms with van der Waals surface area (Å²) in [5, 5.41) is 26.5. The zero-order chi connectivity index (χ0) is 20.3. The number of aliphatic hydroxyl groups is 1. The fourth-order valence-corrected chi connectivity index (χ4v) is 2.97. The summed E-state index contributed by atoms with van der Waals surface area (Å²) in [5.74, 6) is -1.40. The van der Waals surface area contributed by atoms with Crippen LogP contribution < -0.4 is 15.4 Å². The number of nitro benzene ring substituents is 1. The molecule has 0 aromatic heterocycles. The molecule has 2 amide bonds. The van der Waals surface area contributed by atoms with Gasteiger partial charge in [0.05, 0.1) is 23.8 Å². The van der Waals surface area contributed by atoms with E-state index in [2.05, 4.69) is 10.6 Å². The van der Waals surface area contributed by atoms with Gasteiger partial charge >= 0.3 is 11.8 Å². The second kappa shape index (κ2) is 7.65. The second-order valence-electron chi connectivity index (χ2n) is 6.52. The zero-order valence-corrected chi connectivity index (χ0v) is 15.1. The third-order valence-corrected chi connectivity index (χ3v) is 4.59. The van der Waals surface area contributed by atoms with Crippen LogP contribution in [-0.2, 0) is 15.2 Å². The number of para-hydroxylation sites is 1. The van der Waals surface area contributed by atoms with Gasteiger partial charge in [0.15, 0.2) is 0 Å². The monoisotopic (exact) mass is 385 g/mol. The van der Waals surface area contributed by atoms with E-state index < -0.39 is 22.3 Å². The highest BCUT2D eigenvalue weighted by molar-refractivity contribution is 6.39. The van der Waals surface area contributed by atoms with Crippen LogP contribution in [0.5, 0.6) is 5.75 Å². The number of nitrogens with one attached hydrogen (secondary N) is 2. The molecule has 9 nitrogen and oxygen atoms in total. The third kappa shape index (κ3) is 3.94. The first-order valence-electron chi connectivity index (χ1n) is 8.59. The molecule has 0 spiro atoms. The minimum atomic E-state index is -1.35. The number of nitro groups is 1. The molecule has 1 aliphatic rings. The van der Waals surface area contributed by atoms with Gasteiger partial charge in [0.1, 0.15) is 11.4 Å². The lowest BCUT2D eigenvalue weighted by molar-refractivity contribution is -0.384. The van der Waals surface area contributed by atoms with Crippen molar-refractivity contribution in [1.29, 1.82) is 0 Å². The SMILES string of the molecule is Cc1ccc([N+](=O)[O-])cc1NC(=O)C(=O)NC[C@@]1(O)CCOc2ccccc21. The van der Waals surface area contributed by atoms with E-state index in [0.717, 1.165) is 0 Å². The number of rotatable bonds is 4. The molecule has 0 radical (unpaired) electrons. The molecule has 1 heterocycles. The van der Waals surface area contributed by atoms with Crippen LogP contribution in [0.15, 0.2) is 42.5 Å². The number of aryl methyl sites for hydroxylation is 1. The van der Waals surface area contributed by atoms with Crippen LogP contribution in [0.2, 0.25) is 0 Å². The summed E-state index contributed by atoms with van der Waals surface area (Å²) >= 11 is 0. The van der Waals surface area contributed by atoms with Crippen LogP contribution in [0, 0.1) is 17.0 Å². The number of non-ortho nitro benzene ring substituents is 1. The number of hydrogen-bond acceptors (Lipinski definition) is 6. The lowest BCUT2D eigenvalue weighted by Crippen LogP contribution is -2.46. The molecule has 1 atom stereocenters. The lowest BCUT2D eigenvalue weighted by atomic mass is 9.88. The maximum absolute atomic E-state index is 12.2. The molecule has 2 aromatic carbocycles. The van der Waals surface area contributed by atoms with Gasteiger partial charge in [-0.05, 0) is 18.6 Å². The molecule has 146 valence electrons. The molecular formula is C19H19N3O6. The third-order valence-electron chi connectivity index (χ3n) is 4.59. The van der Waals surface area contributed by atoms with Gasteiger partial charge in [-0.3, -0.25) is 19.7 Å². The minimum absolute atomic E-state index is 0.171. The fourth-order valence-electron chi connectivity index (χ4n) is 2.97. The first kappa shape index (κ1) is 19.3. The lowest BCUT2D eigenvalue weighted by Gasteiger charge is -2.34. The summed E-state index contributed by atoms with van der Waals surface area (Å²) in [6, 6.07) is 10.9. The second-order valence-corrected chi connectivity index (χ2v) is 6.52. The van der Waals surface area contributed by atoms with Gasteiger partial charge in [-0.2, -0.15) is 0 Å². The summed E-state index contributed by atoms with van der Waals surface area (Å²) < 4.78 is 5.49. The highest BCUT2D eigenvalue weighted by atomic mass is 16.6. The van der Waals surface area contributed by atoms with E-state index in [1.807, 2.05) is 0 Å². The number of anilines is 1. The van der Waals surface area contributed by atoms with E-state index >= 15 is 0 Å². The largest absolute Gasteiger partial charge is 0.493 e. The number of ether oxygens (including phenoxy) is 1. The fraction of sp³-hybridized carbons (Fsp3) is 0.263. The van der Waals surface area contributed by atoms with Gasteiger partial charge in [-0.1, -0.05) is 24.3 Å².